The highest BCUT2D eigenvalue weighted by Gasteiger charge is 2.62. The number of ketones is 1. The lowest BCUT2D eigenvalue weighted by Crippen LogP contribution is -2.57. The van der Waals surface area contributed by atoms with Gasteiger partial charge in [-0.05, 0) is 91.8 Å². The number of hydrogen-bond donors (Lipinski definition) is 2. The Morgan fingerprint density at radius 3 is 2.32 bits per heavy atom. The number of carboxylic acid groups (broad SMARTS) is 1. The van der Waals surface area contributed by atoms with Crippen molar-refractivity contribution in [2.24, 2.45) is 46.3 Å². The topological polar surface area (TPSA) is 74.6 Å². The molecule has 4 aliphatic carbocycles. The molecule has 9 atom stereocenters. The van der Waals surface area contributed by atoms with E-state index >= 15 is 0 Å². The first-order valence-electron chi connectivity index (χ1n) is 12.6. The van der Waals surface area contributed by atoms with Crippen LogP contribution < -0.4 is 0 Å². The lowest BCUT2D eigenvalue weighted by Gasteiger charge is -2.60. The van der Waals surface area contributed by atoms with Gasteiger partial charge in [-0.25, -0.2) is 0 Å². The van der Waals surface area contributed by atoms with E-state index in [1.165, 1.54) is 6.42 Å². The van der Waals surface area contributed by atoms with Crippen molar-refractivity contribution in [2.45, 2.75) is 112 Å². The number of aliphatic hydroxyl groups is 1. The molecule has 4 aliphatic rings. The number of carboxylic acids is 1. The van der Waals surface area contributed by atoms with Crippen LogP contribution in [0.3, 0.4) is 0 Å². The predicted octanol–water partition coefficient (Wildman–Crippen LogP) is 6.35. The summed E-state index contributed by atoms with van der Waals surface area (Å²) in [6, 6.07) is 0. The molecule has 7 unspecified atom stereocenters. The normalized spacial score (nSPS) is 44.5. The average Bonchev–Trinajstić information content (AvgIpc) is 3.06. The van der Waals surface area contributed by atoms with Crippen LogP contribution in [0.15, 0.2) is 0 Å². The fourth-order valence-electron chi connectivity index (χ4n) is 8.44. The summed E-state index contributed by atoms with van der Waals surface area (Å²) in [5.74, 6) is 2.25. The summed E-state index contributed by atoms with van der Waals surface area (Å²) in [6.07, 6.45) is 8.81. The third kappa shape index (κ3) is 4.48. The fourth-order valence-corrected chi connectivity index (χ4v) is 8.44. The molecule has 0 aliphatic heterocycles. The molecular weight excluding hydrogens is 388 g/mol. The number of aliphatic hydroxyl groups excluding tert-OH is 1. The number of hydrogen-bond acceptors (Lipinski definition) is 3. The maximum absolute atomic E-state index is 13.3. The third-order valence-electron chi connectivity index (χ3n) is 10.0. The van der Waals surface area contributed by atoms with Gasteiger partial charge in [0.2, 0.25) is 0 Å². The molecule has 0 bridgehead atoms. The minimum absolute atomic E-state index is 0. The Hall–Kier alpha value is -0.900. The van der Waals surface area contributed by atoms with Crippen molar-refractivity contribution in [3.8, 4) is 0 Å². The van der Waals surface area contributed by atoms with E-state index in [1.807, 2.05) is 13.8 Å². The molecule has 0 radical (unpaired) electrons. The molecule has 4 heteroatoms. The molecule has 31 heavy (non-hydrogen) atoms. The van der Waals surface area contributed by atoms with Crippen molar-refractivity contribution in [3.05, 3.63) is 0 Å². The largest absolute Gasteiger partial charge is 0.481 e. The van der Waals surface area contributed by atoms with Crippen molar-refractivity contribution < 1.29 is 19.8 Å². The smallest absolute Gasteiger partial charge is 0.303 e. The molecule has 4 rings (SSSR count). The van der Waals surface area contributed by atoms with Crippen LogP contribution in [-0.4, -0.2) is 28.1 Å². The highest BCUT2D eigenvalue weighted by Crippen LogP contribution is 2.67. The van der Waals surface area contributed by atoms with Gasteiger partial charge >= 0.3 is 5.97 Å². The second kappa shape index (κ2) is 9.93. The molecule has 4 nitrogen and oxygen atoms in total. The lowest BCUT2D eigenvalue weighted by atomic mass is 9.44. The molecule has 0 spiro atoms. The van der Waals surface area contributed by atoms with E-state index in [4.69, 9.17) is 5.11 Å². The fraction of sp³-hybridized carbons (Fsp3) is 0.926. The van der Waals surface area contributed by atoms with Gasteiger partial charge in [0.05, 0.1) is 6.10 Å². The van der Waals surface area contributed by atoms with E-state index in [9.17, 15) is 14.7 Å². The van der Waals surface area contributed by atoms with Gasteiger partial charge in [0.1, 0.15) is 5.78 Å². The predicted molar refractivity (Wildman–Crippen MR) is 126 cm³/mol. The van der Waals surface area contributed by atoms with Crippen LogP contribution in [0.25, 0.3) is 0 Å². The van der Waals surface area contributed by atoms with Crippen LogP contribution >= 0.6 is 0 Å². The summed E-state index contributed by atoms with van der Waals surface area (Å²) in [5, 5.41) is 19.3. The van der Waals surface area contributed by atoms with Crippen LogP contribution in [-0.2, 0) is 9.59 Å². The highest BCUT2D eigenvalue weighted by molar-refractivity contribution is 5.83. The molecule has 180 valence electrons. The average molecular weight is 437 g/mol. The number of carbonyl (C=O) groups is 2. The Labute approximate surface area is 190 Å². The number of carbonyl (C=O) groups excluding carboxylic acids is 1. The molecule has 0 saturated heterocycles. The lowest BCUT2D eigenvalue weighted by molar-refractivity contribution is -0.160. The monoisotopic (exact) mass is 436 g/mol. The molecule has 0 aromatic rings. The number of rotatable bonds is 4. The van der Waals surface area contributed by atoms with E-state index in [2.05, 4.69) is 20.8 Å². The maximum atomic E-state index is 13.3. The van der Waals surface area contributed by atoms with E-state index in [0.717, 1.165) is 44.9 Å². The second-order valence-corrected chi connectivity index (χ2v) is 11.2. The summed E-state index contributed by atoms with van der Waals surface area (Å²) < 4.78 is 0. The zero-order valence-electron chi connectivity index (χ0n) is 19.8. The Balaban J connectivity index is 0.00000111. The molecular formula is C27H48O4. The quantitative estimate of drug-likeness (QED) is 0.538. The first kappa shape index (κ1) is 26.4. The minimum atomic E-state index is -0.698. The van der Waals surface area contributed by atoms with Gasteiger partial charge in [-0.1, -0.05) is 42.0 Å². The summed E-state index contributed by atoms with van der Waals surface area (Å²) in [6.45, 7) is 11.1. The Morgan fingerprint density at radius 2 is 1.68 bits per heavy atom. The Morgan fingerprint density at radius 1 is 1.06 bits per heavy atom. The zero-order chi connectivity index (χ0) is 22.3. The first-order valence-corrected chi connectivity index (χ1v) is 12.6. The molecule has 4 fully saturated rings. The van der Waals surface area contributed by atoms with Gasteiger partial charge in [-0.3, -0.25) is 9.59 Å². The van der Waals surface area contributed by atoms with Crippen LogP contribution in [0.5, 0.6) is 0 Å². The summed E-state index contributed by atoms with van der Waals surface area (Å²) >= 11 is 0. The SMILES string of the molecule is C.CC.C[C@H](CCC(=O)O)C1CCC2C3C(=O)CC4C[C@H](O)CCC4(C)C3CCC21C. The summed E-state index contributed by atoms with van der Waals surface area (Å²) in [7, 11) is 0. The highest BCUT2D eigenvalue weighted by atomic mass is 16.4. The van der Waals surface area contributed by atoms with Crippen molar-refractivity contribution in [1.82, 2.24) is 0 Å². The van der Waals surface area contributed by atoms with Gasteiger partial charge < -0.3 is 10.2 Å². The Bertz CT molecular complexity index is 645. The summed E-state index contributed by atoms with van der Waals surface area (Å²) in [4.78, 5) is 24.4. The van der Waals surface area contributed by atoms with Crippen LogP contribution in [0, 0.1) is 46.3 Å². The van der Waals surface area contributed by atoms with Gasteiger partial charge in [0, 0.05) is 18.8 Å². The third-order valence-corrected chi connectivity index (χ3v) is 10.0. The molecule has 2 N–H and O–H groups in total. The van der Waals surface area contributed by atoms with Gasteiger partial charge in [-0.15, -0.1) is 0 Å². The van der Waals surface area contributed by atoms with E-state index in [0.29, 0.717) is 41.8 Å². The molecule has 0 heterocycles. The standard InChI is InChI=1S/C24H38O4.C2H6.CH4/c1-14(4-7-21(27)28)17-5-6-18-22-19(9-11-24(17,18)3)23(2)10-8-16(25)12-15(23)13-20(22)26;1-2;/h14-19,22,25H,4-13H2,1-3H3,(H,27,28);1-2H3;1H4/t14-,15?,16-,17?,18?,19?,22?,23?,24?;;/m1../s1. The van der Waals surface area contributed by atoms with Crippen molar-refractivity contribution in [1.29, 1.82) is 0 Å². The number of Topliss-reactive ketones (excluding diaryl/α,β-unsaturated/α-hetero) is 1. The minimum Gasteiger partial charge on any atom is -0.481 e. The maximum Gasteiger partial charge on any atom is 0.303 e. The van der Waals surface area contributed by atoms with E-state index < -0.39 is 5.97 Å². The van der Waals surface area contributed by atoms with Gasteiger partial charge in [-0.2, -0.15) is 0 Å². The van der Waals surface area contributed by atoms with Crippen molar-refractivity contribution in [3.63, 3.8) is 0 Å². The van der Waals surface area contributed by atoms with Gasteiger partial charge in [0.15, 0.2) is 0 Å². The van der Waals surface area contributed by atoms with E-state index in [-0.39, 0.29) is 36.7 Å². The molecule has 0 aromatic heterocycles. The van der Waals surface area contributed by atoms with Crippen molar-refractivity contribution >= 4 is 11.8 Å². The van der Waals surface area contributed by atoms with Crippen LogP contribution in [0.1, 0.15) is 106 Å². The van der Waals surface area contributed by atoms with Crippen molar-refractivity contribution in [2.75, 3.05) is 0 Å². The van der Waals surface area contributed by atoms with Crippen LogP contribution in [0.4, 0.5) is 0 Å². The Kier molecular flexibility index (Phi) is 8.44. The summed E-state index contributed by atoms with van der Waals surface area (Å²) in [5.41, 5.74) is 0.401. The zero-order valence-corrected chi connectivity index (χ0v) is 19.8. The van der Waals surface area contributed by atoms with E-state index in [1.54, 1.807) is 0 Å². The molecule has 0 aromatic carbocycles. The second-order valence-electron chi connectivity index (χ2n) is 11.2. The number of aliphatic carboxylic acids is 1. The van der Waals surface area contributed by atoms with Crippen LogP contribution in [0.2, 0.25) is 0 Å². The molecule has 0 amide bonds. The molecule has 4 saturated carbocycles. The first-order chi connectivity index (χ1) is 14.2. The van der Waals surface area contributed by atoms with Gasteiger partial charge in [0.25, 0.3) is 0 Å². The number of fused-ring (bicyclic) bond motifs is 5.